The van der Waals surface area contributed by atoms with E-state index in [0.717, 1.165) is 29.1 Å². The summed E-state index contributed by atoms with van der Waals surface area (Å²) in [4.78, 5) is 4.63. The van der Waals surface area contributed by atoms with Crippen molar-refractivity contribution < 1.29 is 4.74 Å². The maximum atomic E-state index is 5.22. The van der Waals surface area contributed by atoms with Gasteiger partial charge in [-0.1, -0.05) is 0 Å². The fourth-order valence-electron chi connectivity index (χ4n) is 3.85. The molecule has 116 valence electrons. The van der Waals surface area contributed by atoms with Gasteiger partial charge in [-0.25, -0.2) is 9.50 Å². The van der Waals surface area contributed by atoms with Gasteiger partial charge in [0.05, 0.1) is 18.5 Å². The molecule has 2 atom stereocenters. The minimum atomic E-state index is 0.453. The molecule has 1 aromatic carbocycles. The van der Waals surface area contributed by atoms with E-state index in [2.05, 4.69) is 16.4 Å². The first kappa shape index (κ1) is 13.1. The van der Waals surface area contributed by atoms with Crippen molar-refractivity contribution in [1.82, 2.24) is 19.9 Å². The second-order valence-corrected chi connectivity index (χ2v) is 6.39. The molecule has 5 heteroatoms. The highest BCUT2D eigenvalue weighted by atomic mass is 16.5. The Morgan fingerprint density at radius 2 is 2.09 bits per heavy atom. The number of nitrogens with one attached hydrogen (secondary N) is 1. The molecule has 2 aromatic heterocycles. The van der Waals surface area contributed by atoms with Crippen molar-refractivity contribution in [3.63, 3.8) is 0 Å². The van der Waals surface area contributed by atoms with Crippen molar-refractivity contribution in [3.8, 4) is 17.0 Å². The quantitative estimate of drug-likeness (QED) is 0.791. The summed E-state index contributed by atoms with van der Waals surface area (Å²) in [6.45, 7) is 0. The molecule has 2 bridgehead atoms. The lowest BCUT2D eigenvalue weighted by Crippen LogP contribution is -2.33. The van der Waals surface area contributed by atoms with E-state index >= 15 is 0 Å². The van der Waals surface area contributed by atoms with Crippen LogP contribution in [0.5, 0.6) is 5.75 Å². The predicted octanol–water partition coefficient (Wildman–Crippen LogP) is 2.75. The Balaban J connectivity index is 1.63. The fourth-order valence-corrected chi connectivity index (χ4v) is 3.85. The molecule has 2 aliphatic rings. The van der Waals surface area contributed by atoms with Gasteiger partial charge in [-0.15, -0.1) is 0 Å². The molecule has 5 nitrogen and oxygen atoms in total. The molecule has 0 saturated carbocycles. The number of rotatable bonds is 2. The van der Waals surface area contributed by atoms with E-state index in [4.69, 9.17) is 9.84 Å². The van der Waals surface area contributed by atoms with Crippen molar-refractivity contribution in [1.29, 1.82) is 0 Å². The molecular formula is C18H18N4O. The molecule has 0 unspecified atom stereocenters. The van der Waals surface area contributed by atoms with Crippen molar-refractivity contribution in [2.45, 2.75) is 31.3 Å². The summed E-state index contributed by atoms with van der Waals surface area (Å²) in [6.07, 6.45) is 5.52. The zero-order valence-corrected chi connectivity index (χ0v) is 13.0. The van der Waals surface area contributed by atoms with E-state index in [1.165, 1.54) is 24.1 Å². The molecule has 1 saturated heterocycles. The van der Waals surface area contributed by atoms with Crippen LogP contribution in [0.4, 0.5) is 0 Å². The second-order valence-electron chi connectivity index (χ2n) is 6.39. The number of benzene rings is 1. The number of hydrogen-bond acceptors (Lipinski definition) is 4. The maximum absolute atomic E-state index is 5.22. The summed E-state index contributed by atoms with van der Waals surface area (Å²) < 4.78 is 7.27. The molecule has 1 N–H and O–H groups in total. The van der Waals surface area contributed by atoms with Crippen LogP contribution in [0, 0.1) is 0 Å². The van der Waals surface area contributed by atoms with Crippen LogP contribution < -0.4 is 10.1 Å². The van der Waals surface area contributed by atoms with Gasteiger partial charge >= 0.3 is 0 Å². The lowest BCUT2D eigenvalue weighted by atomic mass is 10.0. The van der Waals surface area contributed by atoms with Crippen LogP contribution in [0.3, 0.4) is 0 Å². The van der Waals surface area contributed by atoms with Gasteiger partial charge in [0.2, 0.25) is 0 Å². The van der Waals surface area contributed by atoms with Gasteiger partial charge < -0.3 is 10.1 Å². The zero-order valence-electron chi connectivity index (χ0n) is 13.0. The summed E-state index contributed by atoms with van der Waals surface area (Å²) in [5, 5.41) is 8.50. The largest absolute Gasteiger partial charge is 0.497 e. The first-order chi connectivity index (χ1) is 11.3. The normalized spacial score (nSPS) is 22.3. The molecule has 1 fully saturated rings. The maximum Gasteiger partial charge on any atom is 0.155 e. The van der Waals surface area contributed by atoms with Crippen LogP contribution in [-0.4, -0.2) is 27.7 Å². The zero-order chi connectivity index (χ0) is 15.4. The van der Waals surface area contributed by atoms with Crippen LogP contribution in [-0.2, 0) is 6.42 Å². The fraction of sp³-hybridized carbons (Fsp3) is 0.333. The van der Waals surface area contributed by atoms with Gasteiger partial charge in [-0.3, -0.25) is 0 Å². The standard InChI is InChI=1S/C18H18N4O/c1-23-13-5-2-11(3-6-13)16-9-18-19-10-14-15-7-4-12(20-15)8-17(14)22(18)21-16/h2-3,5-6,9-10,12,15,20H,4,7-8H2,1H3/t12-,15+/m1/s1. The van der Waals surface area contributed by atoms with E-state index in [9.17, 15) is 0 Å². The van der Waals surface area contributed by atoms with Gasteiger partial charge in [-0.2, -0.15) is 5.10 Å². The highest BCUT2D eigenvalue weighted by Gasteiger charge is 2.34. The van der Waals surface area contributed by atoms with E-state index < -0.39 is 0 Å². The third-order valence-electron chi connectivity index (χ3n) is 5.06. The number of hydrogen-bond donors (Lipinski definition) is 1. The summed E-state index contributed by atoms with van der Waals surface area (Å²) in [6, 6.07) is 11.1. The number of methoxy groups -OCH3 is 1. The summed E-state index contributed by atoms with van der Waals surface area (Å²) in [5.41, 5.74) is 5.61. The number of ether oxygens (including phenoxy) is 1. The molecule has 0 aliphatic carbocycles. The second kappa shape index (κ2) is 4.80. The van der Waals surface area contributed by atoms with Crippen LogP contribution >= 0.6 is 0 Å². The van der Waals surface area contributed by atoms with Gasteiger partial charge in [0, 0.05) is 41.9 Å². The summed E-state index contributed by atoms with van der Waals surface area (Å²) in [7, 11) is 1.68. The van der Waals surface area contributed by atoms with Crippen LogP contribution in [0.1, 0.15) is 30.1 Å². The number of aromatic nitrogens is 3. The summed E-state index contributed by atoms with van der Waals surface area (Å²) in [5.74, 6) is 0.857. The van der Waals surface area contributed by atoms with Gasteiger partial charge in [0.15, 0.2) is 5.65 Å². The molecular weight excluding hydrogens is 288 g/mol. The van der Waals surface area contributed by atoms with Crippen LogP contribution in [0.25, 0.3) is 16.9 Å². The molecule has 0 radical (unpaired) electrons. The average Bonchev–Trinajstić information content (AvgIpc) is 3.20. The molecule has 4 heterocycles. The van der Waals surface area contributed by atoms with Gasteiger partial charge in [0.1, 0.15) is 5.75 Å². The highest BCUT2D eigenvalue weighted by Crippen LogP contribution is 2.36. The molecule has 3 aromatic rings. The van der Waals surface area contributed by atoms with E-state index in [0.29, 0.717) is 12.1 Å². The molecule has 0 amide bonds. The highest BCUT2D eigenvalue weighted by molar-refractivity contribution is 5.65. The van der Waals surface area contributed by atoms with E-state index in [-0.39, 0.29) is 0 Å². The Morgan fingerprint density at radius 1 is 1.22 bits per heavy atom. The number of fused-ring (bicyclic) bond motifs is 6. The average molecular weight is 306 g/mol. The van der Waals surface area contributed by atoms with Crippen LogP contribution in [0.15, 0.2) is 36.5 Å². The first-order valence-corrected chi connectivity index (χ1v) is 8.10. The third kappa shape index (κ3) is 1.96. The third-order valence-corrected chi connectivity index (χ3v) is 5.06. The monoisotopic (exact) mass is 306 g/mol. The van der Waals surface area contributed by atoms with Crippen molar-refractivity contribution >= 4 is 5.65 Å². The Bertz CT molecular complexity index is 884. The Morgan fingerprint density at radius 3 is 2.91 bits per heavy atom. The van der Waals surface area contributed by atoms with Crippen LogP contribution in [0.2, 0.25) is 0 Å². The summed E-state index contributed by atoms with van der Waals surface area (Å²) >= 11 is 0. The molecule has 23 heavy (non-hydrogen) atoms. The Kier molecular flexibility index (Phi) is 2.73. The van der Waals surface area contributed by atoms with Gasteiger partial charge in [0.25, 0.3) is 0 Å². The topological polar surface area (TPSA) is 51.5 Å². The smallest absolute Gasteiger partial charge is 0.155 e. The van der Waals surface area contributed by atoms with E-state index in [1.54, 1.807) is 7.11 Å². The van der Waals surface area contributed by atoms with Crippen molar-refractivity contribution in [2.24, 2.45) is 0 Å². The SMILES string of the molecule is COc1ccc(-c2cc3ncc4c(n3n2)C[C@H]2CC[C@@H]4N2)cc1. The molecule has 2 aliphatic heterocycles. The van der Waals surface area contributed by atoms with Crippen molar-refractivity contribution in [3.05, 3.63) is 47.8 Å². The molecule has 5 rings (SSSR count). The Labute approximate surface area is 134 Å². The lowest BCUT2D eigenvalue weighted by molar-refractivity contribution is 0.415. The number of nitrogens with zero attached hydrogens (tertiary/aromatic N) is 3. The van der Waals surface area contributed by atoms with E-state index in [1.807, 2.05) is 35.0 Å². The lowest BCUT2D eigenvalue weighted by Gasteiger charge is -2.24. The van der Waals surface area contributed by atoms with Gasteiger partial charge in [-0.05, 0) is 37.1 Å². The predicted molar refractivity (Wildman–Crippen MR) is 87.6 cm³/mol. The minimum Gasteiger partial charge on any atom is -0.497 e. The minimum absolute atomic E-state index is 0.453. The Hall–Kier alpha value is -2.40. The van der Waals surface area contributed by atoms with Crippen molar-refractivity contribution in [2.75, 3.05) is 7.11 Å². The molecule has 0 spiro atoms. The first-order valence-electron chi connectivity index (χ1n) is 8.10.